The Labute approximate surface area is 84.4 Å². The van der Waals surface area contributed by atoms with Gasteiger partial charge in [-0.3, -0.25) is 4.98 Å². The summed E-state index contributed by atoms with van der Waals surface area (Å²) < 4.78 is 0. The minimum absolute atomic E-state index is 0.420. The fourth-order valence-corrected chi connectivity index (χ4v) is 1.44. The third-order valence-corrected chi connectivity index (χ3v) is 2.25. The van der Waals surface area contributed by atoms with Crippen LogP contribution in [0.25, 0.3) is 5.57 Å². The molecule has 0 amide bonds. The first-order valence-corrected chi connectivity index (χ1v) is 4.84. The first kappa shape index (κ1) is 9.00. The lowest BCUT2D eigenvalue weighted by Crippen LogP contribution is -2.20. The summed E-state index contributed by atoms with van der Waals surface area (Å²) >= 11 is 0. The van der Waals surface area contributed by atoms with Crippen molar-refractivity contribution in [3.8, 4) is 0 Å². The molecule has 0 saturated carbocycles. The van der Waals surface area contributed by atoms with Gasteiger partial charge in [0.15, 0.2) is 0 Å². The maximum Gasteiger partial charge on any atom is 0.0719 e. The van der Waals surface area contributed by atoms with Gasteiger partial charge in [-0.1, -0.05) is 18.2 Å². The quantitative estimate of drug-likeness (QED) is 0.727. The van der Waals surface area contributed by atoms with Crippen molar-refractivity contribution in [2.45, 2.75) is 19.9 Å². The van der Waals surface area contributed by atoms with Gasteiger partial charge >= 0.3 is 0 Å². The molecule has 0 spiro atoms. The fraction of sp³-hybridized carbons (Fsp3) is 0.250. The summed E-state index contributed by atoms with van der Waals surface area (Å²) in [7, 11) is 0. The maximum absolute atomic E-state index is 4.46. The van der Waals surface area contributed by atoms with Crippen LogP contribution in [-0.4, -0.2) is 11.0 Å². The van der Waals surface area contributed by atoms with Crippen LogP contribution in [0, 0.1) is 6.92 Å². The molecule has 1 aromatic heterocycles. The number of dihydropyridines is 1. The molecular formula is C12H14N2. The maximum atomic E-state index is 4.46. The highest BCUT2D eigenvalue weighted by Gasteiger charge is 2.05. The van der Waals surface area contributed by atoms with Crippen molar-refractivity contribution in [3.63, 3.8) is 0 Å². The molecule has 2 nitrogen and oxygen atoms in total. The number of nitrogens with zero attached hydrogens (tertiary/aromatic N) is 1. The van der Waals surface area contributed by atoms with E-state index in [0.29, 0.717) is 6.04 Å². The Morgan fingerprint density at radius 1 is 1.36 bits per heavy atom. The molecule has 2 heterocycles. The predicted molar refractivity (Wildman–Crippen MR) is 58.7 cm³/mol. The van der Waals surface area contributed by atoms with Crippen LogP contribution in [0.2, 0.25) is 0 Å². The monoisotopic (exact) mass is 186 g/mol. The van der Waals surface area contributed by atoms with Crippen molar-refractivity contribution < 1.29 is 0 Å². The molecule has 1 aromatic rings. The second-order valence-corrected chi connectivity index (χ2v) is 3.58. The average molecular weight is 186 g/mol. The second kappa shape index (κ2) is 3.66. The molecule has 1 aliphatic rings. The summed E-state index contributed by atoms with van der Waals surface area (Å²) in [5.41, 5.74) is 3.22. The van der Waals surface area contributed by atoms with E-state index in [4.69, 9.17) is 0 Å². The summed E-state index contributed by atoms with van der Waals surface area (Å²) in [5.74, 6) is 0. The Hall–Kier alpha value is -1.57. The Morgan fingerprint density at radius 2 is 2.21 bits per heavy atom. The summed E-state index contributed by atoms with van der Waals surface area (Å²) in [6.45, 7) is 4.13. The van der Waals surface area contributed by atoms with Gasteiger partial charge in [0, 0.05) is 23.5 Å². The molecule has 1 unspecified atom stereocenters. The van der Waals surface area contributed by atoms with Gasteiger partial charge in [-0.15, -0.1) is 0 Å². The van der Waals surface area contributed by atoms with Gasteiger partial charge in [-0.2, -0.15) is 0 Å². The van der Waals surface area contributed by atoms with Crippen molar-refractivity contribution in [2.75, 3.05) is 0 Å². The zero-order valence-corrected chi connectivity index (χ0v) is 8.49. The largest absolute Gasteiger partial charge is 0.384 e. The first-order chi connectivity index (χ1) is 6.75. The topological polar surface area (TPSA) is 24.9 Å². The third kappa shape index (κ3) is 1.84. The normalized spacial score (nSPS) is 20.1. The van der Waals surface area contributed by atoms with Crippen LogP contribution in [0.5, 0.6) is 0 Å². The standard InChI is InChI=1S/C12H14N2/c1-9-6-7-11(8-13-9)12-5-3-4-10(2)14-12/h3-9,13H,1-2H3. The predicted octanol–water partition coefficient (Wildman–Crippen LogP) is 2.28. The van der Waals surface area contributed by atoms with Gasteiger partial charge in [0.25, 0.3) is 0 Å². The molecule has 0 fully saturated rings. The summed E-state index contributed by atoms with van der Waals surface area (Å²) in [4.78, 5) is 4.46. The smallest absolute Gasteiger partial charge is 0.0719 e. The molecule has 72 valence electrons. The highest BCUT2D eigenvalue weighted by molar-refractivity contribution is 5.72. The van der Waals surface area contributed by atoms with E-state index in [-0.39, 0.29) is 0 Å². The van der Waals surface area contributed by atoms with Crippen LogP contribution in [0.4, 0.5) is 0 Å². The number of nitrogens with one attached hydrogen (secondary N) is 1. The van der Waals surface area contributed by atoms with Crippen molar-refractivity contribution in [1.29, 1.82) is 0 Å². The molecule has 0 aliphatic carbocycles. The molecular weight excluding hydrogens is 172 g/mol. The van der Waals surface area contributed by atoms with Crippen LogP contribution < -0.4 is 5.32 Å². The van der Waals surface area contributed by atoms with Gasteiger partial charge in [0.1, 0.15) is 0 Å². The molecule has 1 N–H and O–H groups in total. The number of pyridine rings is 1. The number of aromatic nitrogens is 1. The van der Waals surface area contributed by atoms with E-state index in [2.05, 4.69) is 29.4 Å². The van der Waals surface area contributed by atoms with Crippen molar-refractivity contribution in [3.05, 3.63) is 47.9 Å². The molecule has 0 aromatic carbocycles. The van der Waals surface area contributed by atoms with Crippen LogP contribution >= 0.6 is 0 Å². The van der Waals surface area contributed by atoms with E-state index in [0.717, 1.165) is 17.0 Å². The van der Waals surface area contributed by atoms with Crippen LogP contribution in [0.1, 0.15) is 18.3 Å². The molecule has 1 aliphatic heterocycles. The molecule has 14 heavy (non-hydrogen) atoms. The van der Waals surface area contributed by atoms with Crippen LogP contribution in [-0.2, 0) is 0 Å². The molecule has 0 saturated heterocycles. The summed E-state index contributed by atoms with van der Waals surface area (Å²) in [6.07, 6.45) is 6.27. The van der Waals surface area contributed by atoms with Crippen molar-refractivity contribution in [1.82, 2.24) is 10.3 Å². The van der Waals surface area contributed by atoms with Gasteiger partial charge in [0.2, 0.25) is 0 Å². The van der Waals surface area contributed by atoms with Gasteiger partial charge in [-0.25, -0.2) is 0 Å². The third-order valence-electron chi connectivity index (χ3n) is 2.25. The van der Waals surface area contributed by atoms with E-state index >= 15 is 0 Å². The Bertz CT molecular complexity index is 391. The Kier molecular flexibility index (Phi) is 2.35. The zero-order chi connectivity index (χ0) is 9.97. The van der Waals surface area contributed by atoms with E-state index < -0.39 is 0 Å². The lowest BCUT2D eigenvalue weighted by molar-refractivity contribution is 0.763. The summed E-state index contributed by atoms with van der Waals surface area (Å²) in [6, 6.07) is 6.49. The summed E-state index contributed by atoms with van der Waals surface area (Å²) in [5, 5.41) is 3.26. The number of rotatable bonds is 1. The van der Waals surface area contributed by atoms with Crippen LogP contribution in [0.3, 0.4) is 0 Å². The molecule has 1 atom stereocenters. The highest BCUT2D eigenvalue weighted by atomic mass is 14.9. The number of allylic oxidation sites excluding steroid dienone is 2. The Balaban J connectivity index is 2.29. The minimum Gasteiger partial charge on any atom is -0.384 e. The Morgan fingerprint density at radius 3 is 2.86 bits per heavy atom. The van der Waals surface area contributed by atoms with E-state index in [1.54, 1.807) is 0 Å². The molecule has 2 heteroatoms. The highest BCUT2D eigenvalue weighted by Crippen LogP contribution is 2.15. The first-order valence-electron chi connectivity index (χ1n) is 4.84. The average Bonchev–Trinajstić information content (AvgIpc) is 2.19. The number of aryl methyl sites for hydroxylation is 1. The molecule has 0 radical (unpaired) electrons. The van der Waals surface area contributed by atoms with Gasteiger partial charge in [-0.05, 0) is 26.0 Å². The minimum atomic E-state index is 0.420. The zero-order valence-electron chi connectivity index (χ0n) is 8.49. The van der Waals surface area contributed by atoms with Gasteiger partial charge in [0.05, 0.1) is 5.69 Å². The van der Waals surface area contributed by atoms with E-state index in [1.165, 1.54) is 0 Å². The van der Waals surface area contributed by atoms with Crippen molar-refractivity contribution >= 4 is 5.57 Å². The lowest BCUT2D eigenvalue weighted by atomic mass is 10.1. The second-order valence-electron chi connectivity index (χ2n) is 3.58. The fourth-order valence-electron chi connectivity index (χ4n) is 1.44. The van der Waals surface area contributed by atoms with Gasteiger partial charge < -0.3 is 5.32 Å². The molecule has 2 rings (SSSR count). The lowest BCUT2D eigenvalue weighted by Gasteiger charge is -2.14. The number of hydrogen-bond acceptors (Lipinski definition) is 2. The van der Waals surface area contributed by atoms with Crippen molar-refractivity contribution in [2.24, 2.45) is 0 Å². The number of hydrogen-bond donors (Lipinski definition) is 1. The van der Waals surface area contributed by atoms with E-state index in [9.17, 15) is 0 Å². The SMILES string of the molecule is Cc1cccc(C2=CNC(C)C=C2)n1. The van der Waals surface area contributed by atoms with Crippen LogP contribution in [0.15, 0.2) is 36.6 Å². The van der Waals surface area contributed by atoms with E-state index in [1.807, 2.05) is 31.3 Å². The molecule has 0 bridgehead atoms.